The largest absolute Gasteiger partial charge is 0.446 e. The molecule has 3 saturated carbocycles. The summed E-state index contributed by atoms with van der Waals surface area (Å²) >= 11 is 0. The zero-order valence-corrected chi connectivity index (χ0v) is 21.6. The third kappa shape index (κ3) is 5.39. The van der Waals surface area contributed by atoms with Crippen LogP contribution in [0.3, 0.4) is 0 Å². The molecule has 1 saturated heterocycles. The molecule has 0 N–H and O–H groups in total. The number of hydrogen-bond donors (Lipinski definition) is 0. The second-order valence-electron chi connectivity index (χ2n) is 11.2. The van der Waals surface area contributed by atoms with Gasteiger partial charge in [0.25, 0.3) is 0 Å². The maximum Gasteiger partial charge on any atom is 0.410 e. The van der Waals surface area contributed by atoms with E-state index < -0.39 is 21.3 Å². The van der Waals surface area contributed by atoms with Crippen molar-refractivity contribution >= 4 is 21.8 Å². The lowest BCUT2D eigenvalue weighted by atomic mass is 9.69. The first-order valence-electron chi connectivity index (χ1n) is 13.1. The van der Waals surface area contributed by atoms with E-state index in [1.54, 1.807) is 6.92 Å². The van der Waals surface area contributed by atoms with E-state index in [0.717, 1.165) is 44.8 Å². The molecule has 9 heteroatoms. The number of fused-ring (bicyclic) bond motifs is 1. The average Bonchev–Trinajstić information content (AvgIpc) is 2.77. The number of sulfone groups is 1. The Kier molecular flexibility index (Phi) is 7.80. The van der Waals surface area contributed by atoms with Crippen LogP contribution in [-0.4, -0.2) is 78.7 Å². The van der Waals surface area contributed by atoms with Gasteiger partial charge in [-0.05, 0) is 83.0 Å². The van der Waals surface area contributed by atoms with E-state index in [4.69, 9.17) is 4.74 Å². The molecule has 7 nitrogen and oxygen atoms in total. The molecule has 0 spiro atoms. The molecule has 194 valence electrons. The first-order valence-corrected chi connectivity index (χ1v) is 15.1. The van der Waals surface area contributed by atoms with Crippen LogP contribution in [0.15, 0.2) is 0 Å². The lowest BCUT2D eigenvalue weighted by molar-refractivity contribution is -0.143. The molecule has 2 amide bonds. The monoisotopic (exact) mass is 500 g/mol. The molecule has 0 aromatic rings. The minimum atomic E-state index is -3.39. The van der Waals surface area contributed by atoms with Gasteiger partial charge in [0.05, 0.1) is 17.3 Å². The van der Waals surface area contributed by atoms with Crippen LogP contribution < -0.4 is 0 Å². The Bertz CT molecular complexity index is 861. The van der Waals surface area contributed by atoms with Crippen molar-refractivity contribution in [1.29, 1.82) is 0 Å². The topological polar surface area (TPSA) is 84.0 Å². The van der Waals surface area contributed by atoms with Gasteiger partial charge < -0.3 is 14.5 Å². The quantitative estimate of drug-likeness (QED) is 0.583. The van der Waals surface area contributed by atoms with Crippen LogP contribution in [0.1, 0.15) is 84.5 Å². The molecule has 4 fully saturated rings. The summed E-state index contributed by atoms with van der Waals surface area (Å²) in [6.07, 6.45) is 8.33. The molecule has 0 radical (unpaired) electrons. The maximum atomic E-state index is 14.9. The number of ether oxygens (including phenoxy) is 1. The summed E-state index contributed by atoms with van der Waals surface area (Å²) in [5, 5.41) is -0.897. The van der Waals surface area contributed by atoms with Gasteiger partial charge in [-0.1, -0.05) is 6.42 Å². The first kappa shape index (κ1) is 25.7. The number of halogens is 1. The number of nitrogens with zero attached hydrogens (tertiary/aromatic N) is 2. The zero-order valence-electron chi connectivity index (χ0n) is 20.8. The number of hydrogen-bond acceptors (Lipinski definition) is 5. The normalized spacial score (nSPS) is 37.7. The number of carbonyl (C=O) groups excluding carboxylic acids is 2. The molecule has 6 unspecified atom stereocenters. The highest BCUT2D eigenvalue weighted by atomic mass is 32.2. The lowest BCUT2D eigenvalue weighted by Crippen LogP contribution is -2.67. The third-order valence-corrected chi connectivity index (χ3v) is 10.5. The van der Waals surface area contributed by atoms with Crippen molar-refractivity contribution in [3.8, 4) is 0 Å². The highest BCUT2D eigenvalue weighted by Gasteiger charge is 2.49. The lowest BCUT2D eigenvalue weighted by Gasteiger charge is -2.54. The fourth-order valence-electron chi connectivity index (χ4n) is 7.26. The predicted octanol–water partition coefficient (Wildman–Crippen LogP) is 4.10. The second-order valence-corrected chi connectivity index (χ2v) is 13.5. The summed E-state index contributed by atoms with van der Waals surface area (Å²) < 4.78 is 44.7. The van der Waals surface area contributed by atoms with Crippen LogP contribution in [0.5, 0.6) is 0 Å². The van der Waals surface area contributed by atoms with Gasteiger partial charge in [-0.2, -0.15) is 0 Å². The zero-order chi connectivity index (χ0) is 24.6. The first-order chi connectivity index (χ1) is 16.1. The van der Waals surface area contributed by atoms with Gasteiger partial charge in [0, 0.05) is 25.8 Å². The fourth-order valence-corrected chi connectivity index (χ4v) is 8.47. The van der Waals surface area contributed by atoms with Crippen molar-refractivity contribution in [3.63, 3.8) is 0 Å². The van der Waals surface area contributed by atoms with E-state index in [-0.39, 0.29) is 54.5 Å². The molecular weight excluding hydrogens is 459 g/mol. The van der Waals surface area contributed by atoms with Gasteiger partial charge in [0.2, 0.25) is 5.91 Å². The van der Waals surface area contributed by atoms with E-state index in [2.05, 4.69) is 0 Å². The van der Waals surface area contributed by atoms with Crippen LogP contribution in [0, 0.1) is 11.8 Å². The Morgan fingerprint density at radius 2 is 1.56 bits per heavy atom. The van der Waals surface area contributed by atoms with E-state index >= 15 is 0 Å². The standard InChI is InChI=1S/C25H41FN2O5S/c1-16-15-27(25(30)33-20-7-5-4-6-8-20)23-14-19(9-11-22(23)28(16)17(2)29)18-10-12-24(21(26)13-18)34(3,31)32/h16,18-24H,4-15H2,1-3H3/t16-,18?,19?,21?,22?,23?,24?/m0/s1. The molecular formula is C25H41FN2O5S. The Labute approximate surface area is 203 Å². The Hall–Kier alpha value is -1.38. The van der Waals surface area contributed by atoms with Crippen LogP contribution >= 0.6 is 0 Å². The minimum absolute atomic E-state index is 0.0266. The third-order valence-electron chi connectivity index (χ3n) is 8.90. The number of amides is 2. The summed E-state index contributed by atoms with van der Waals surface area (Å²) in [7, 11) is -3.39. The molecule has 1 heterocycles. The van der Waals surface area contributed by atoms with Gasteiger partial charge in [0.1, 0.15) is 12.3 Å². The van der Waals surface area contributed by atoms with Crippen LogP contribution in [0.25, 0.3) is 0 Å². The maximum absolute atomic E-state index is 14.9. The van der Waals surface area contributed by atoms with E-state index in [9.17, 15) is 22.4 Å². The van der Waals surface area contributed by atoms with Crippen molar-refractivity contribution in [1.82, 2.24) is 9.80 Å². The molecule has 1 aliphatic heterocycles. The highest BCUT2D eigenvalue weighted by molar-refractivity contribution is 7.91. The van der Waals surface area contributed by atoms with Crippen molar-refractivity contribution in [2.45, 2.75) is 120 Å². The summed E-state index contributed by atoms with van der Waals surface area (Å²) in [4.78, 5) is 29.6. The second kappa shape index (κ2) is 10.3. The number of alkyl halides is 1. The van der Waals surface area contributed by atoms with Crippen LogP contribution in [0.2, 0.25) is 0 Å². The molecule has 0 bridgehead atoms. The summed E-state index contributed by atoms with van der Waals surface area (Å²) in [5.74, 6) is 0.348. The number of piperazine rings is 1. The van der Waals surface area contributed by atoms with Crippen molar-refractivity contribution in [2.24, 2.45) is 11.8 Å². The van der Waals surface area contributed by atoms with Gasteiger partial charge in [-0.15, -0.1) is 0 Å². The highest BCUT2D eigenvalue weighted by Crippen LogP contribution is 2.44. The fraction of sp³-hybridized carbons (Fsp3) is 0.920. The predicted molar refractivity (Wildman–Crippen MR) is 128 cm³/mol. The SMILES string of the molecule is CC(=O)N1C2CCC(C3CCC(S(C)(=O)=O)C(F)C3)CC2N(C(=O)OC2CCCCC2)C[C@@H]1C. The van der Waals surface area contributed by atoms with Crippen LogP contribution in [0.4, 0.5) is 9.18 Å². The van der Waals surface area contributed by atoms with Gasteiger partial charge in [-0.25, -0.2) is 17.6 Å². The Morgan fingerprint density at radius 3 is 2.18 bits per heavy atom. The van der Waals surface area contributed by atoms with Crippen molar-refractivity contribution < 1.29 is 27.1 Å². The smallest absolute Gasteiger partial charge is 0.410 e. The molecule has 34 heavy (non-hydrogen) atoms. The summed E-state index contributed by atoms with van der Waals surface area (Å²) in [5.41, 5.74) is 0. The molecule has 0 aromatic carbocycles. The van der Waals surface area contributed by atoms with Crippen molar-refractivity contribution in [2.75, 3.05) is 12.8 Å². The number of rotatable bonds is 3. The average molecular weight is 501 g/mol. The summed E-state index contributed by atoms with van der Waals surface area (Å²) in [6, 6.07) is -0.264. The molecule has 7 atom stereocenters. The van der Waals surface area contributed by atoms with Crippen molar-refractivity contribution in [3.05, 3.63) is 0 Å². The van der Waals surface area contributed by atoms with E-state index in [1.165, 1.54) is 6.42 Å². The van der Waals surface area contributed by atoms with Crippen LogP contribution in [-0.2, 0) is 19.4 Å². The van der Waals surface area contributed by atoms with Gasteiger partial charge in [0.15, 0.2) is 9.84 Å². The minimum Gasteiger partial charge on any atom is -0.446 e. The molecule has 4 aliphatic rings. The molecule has 4 rings (SSSR count). The van der Waals surface area contributed by atoms with E-state index in [1.807, 2.05) is 16.7 Å². The molecule has 0 aromatic heterocycles. The summed E-state index contributed by atoms with van der Waals surface area (Å²) in [6.45, 7) is 4.03. The van der Waals surface area contributed by atoms with Gasteiger partial charge >= 0.3 is 6.09 Å². The Balaban J connectivity index is 1.49. The molecule has 3 aliphatic carbocycles. The van der Waals surface area contributed by atoms with Gasteiger partial charge in [-0.3, -0.25) is 4.79 Å². The number of carbonyl (C=O) groups is 2. The Morgan fingerprint density at radius 1 is 0.912 bits per heavy atom. The van der Waals surface area contributed by atoms with E-state index in [0.29, 0.717) is 25.8 Å².